The minimum atomic E-state index is -4.71. The molecule has 1 aromatic heterocycles. The molecule has 2 rings (SSSR count). The molecule has 0 saturated heterocycles. The van der Waals surface area contributed by atoms with Crippen molar-refractivity contribution in [3.8, 4) is 0 Å². The zero-order valence-electron chi connectivity index (χ0n) is 12.3. The Labute approximate surface area is 139 Å². The second kappa shape index (κ2) is 6.91. The van der Waals surface area contributed by atoms with Gasteiger partial charge in [-0.1, -0.05) is 23.7 Å². The third-order valence-corrected chi connectivity index (χ3v) is 3.20. The Balaban J connectivity index is 2.41. The van der Waals surface area contributed by atoms with Crippen LogP contribution in [-0.4, -0.2) is 27.6 Å². The van der Waals surface area contributed by atoms with Crippen LogP contribution < -0.4 is 10.6 Å². The van der Waals surface area contributed by atoms with E-state index in [0.29, 0.717) is 22.3 Å². The van der Waals surface area contributed by atoms with Gasteiger partial charge in [-0.25, -0.2) is 4.98 Å². The number of halogens is 4. The van der Waals surface area contributed by atoms with Crippen molar-refractivity contribution in [3.63, 3.8) is 0 Å². The summed E-state index contributed by atoms with van der Waals surface area (Å²) < 4.78 is 38.9. The highest BCUT2D eigenvalue weighted by Crippen LogP contribution is 2.32. The van der Waals surface area contributed by atoms with Gasteiger partial charge in [0.1, 0.15) is 12.4 Å². The van der Waals surface area contributed by atoms with E-state index in [-0.39, 0.29) is 5.82 Å². The van der Waals surface area contributed by atoms with Gasteiger partial charge < -0.3 is 15.7 Å². The lowest BCUT2D eigenvalue weighted by Gasteiger charge is -2.14. The number of nitrogens with one attached hydrogen (secondary N) is 2. The molecule has 0 atom stereocenters. The summed E-state index contributed by atoms with van der Waals surface area (Å²) in [7, 11) is 0. The monoisotopic (exact) mass is 360 g/mol. The van der Waals surface area contributed by atoms with Crippen LogP contribution in [0.1, 0.15) is 11.3 Å². The molecule has 2 aromatic rings. The number of para-hydroxylation sites is 1. The van der Waals surface area contributed by atoms with Crippen LogP contribution in [0.15, 0.2) is 24.3 Å². The van der Waals surface area contributed by atoms with E-state index in [9.17, 15) is 18.0 Å². The van der Waals surface area contributed by atoms with E-state index < -0.39 is 30.3 Å². The molecule has 0 aliphatic heterocycles. The topological polar surface area (TPSA) is 87.1 Å². The van der Waals surface area contributed by atoms with Crippen LogP contribution >= 0.6 is 11.6 Å². The van der Waals surface area contributed by atoms with Crippen LogP contribution in [0.5, 0.6) is 0 Å². The zero-order valence-corrected chi connectivity index (χ0v) is 13.0. The Morgan fingerprint density at radius 3 is 2.62 bits per heavy atom. The van der Waals surface area contributed by atoms with Gasteiger partial charge in [0.25, 0.3) is 0 Å². The number of carboxylic acids is 1. The Morgan fingerprint density at radius 1 is 1.33 bits per heavy atom. The maximum Gasteiger partial charge on any atom is 0.433 e. The van der Waals surface area contributed by atoms with Crippen LogP contribution in [-0.2, 0) is 11.0 Å². The lowest BCUT2D eigenvalue weighted by atomic mass is 10.2. The molecule has 0 aliphatic rings. The van der Waals surface area contributed by atoms with Crippen molar-refractivity contribution in [1.82, 2.24) is 9.97 Å². The van der Waals surface area contributed by atoms with E-state index in [1.54, 1.807) is 25.1 Å². The summed E-state index contributed by atoms with van der Waals surface area (Å²) >= 11 is 6.03. The van der Waals surface area contributed by atoms with Gasteiger partial charge in [0, 0.05) is 6.07 Å². The van der Waals surface area contributed by atoms with Crippen LogP contribution in [0, 0.1) is 6.92 Å². The minimum Gasteiger partial charge on any atom is -0.480 e. The van der Waals surface area contributed by atoms with Crippen molar-refractivity contribution in [2.75, 3.05) is 17.2 Å². The fourth-order valence-corrected chi connectivity index (χ4v) is 2.08. The van der Waals surface area contributed by atoms with Crippen molar-refractivity contribution < 1.29 is 23.1 Å². The van der Waals surface area contributed by atoms with Gasteiger partial charge in [0.2, 0.25) is 5.95 Å². The fraction of sp³-hybridized carbons (Fsp3) is 0.214. The largest absolute Gasteiger partial charge is 0.480 e. The van der Waals surface area contributed by atoms with E-state index in [2.05, 4.69) is 20.6 Å². The van der Waals surface area contributed by atoms with Gasteiger partial charge in [-0.15, -0.1) is 0 Å². The average Bonchev–Trinajstić information content (AvgIpc) is 2.48. The van der Waals surface area contributed by atoms with E-state index in [4.69, 9.17) is 16.7 Å². The molecule has 0 aliphatic carbocycles. The number of hydrogen-bond acceptors (Lipinski definition) is 5. The third-order valence-electron chi connectivity index (χ3n) is 2.89. The molecule has 0 fully saturated rings. The quantitative estimate of drug-likeness (QED) is 0.753. The second-order valence-corrected chi connectivity index (χ2v) is 5.17. The third kappa shape index (κ3) is 4.48. The van der Waals surface area contributed by atoms with Crippen LogP contribution in [0.4, 0.5) is 30.6 Å². The van der Waals surface area contributed by atoms with Gasteiger partial charge in [0.05, 0.1) is 10.7 Å². The molecular formula is C14H12ClF3N4O2. The number of aliphatic carboxylic acids is 1. The normalized spacial score (nSPS) is 11.2. The Kier molecular flexibility index (Phi) is 5.13. The number of carbonyl (C=O) groups is 1. The maximum atomic E-state index is 13.0. The molecule has 0 saturated carbocycles. The number of aryl methyl sites for hydroxylation is 1. The number of anilines is 3. The molecule has 6 nitrogen and oxygen atoms in total. The number of rotatable bonds is 5. The summed E-state index contributed by atoms with van der Waals surface area (Å²) in [5.74, 6) is -1.88. The summed E-state index contributed by atoms with van der Waals surface area (Å²) in [4.78, 5) is 17.7. The predicted molar refractivity (Wildman–Crippen MR) is 82.6 cm³/mol. The van der Waals surface area contributed by atoms with Crippen molar-refractivity contribution in [1.29, 1.82) is 0 Å². The first-order valence-corrected chi connectivity index (χ1v) is 6.98. The van der Waals surface area contributed by atoms with Crippen molar-refractivity contribution >= 4 is 35.0 Å². The zero-order chi connectivity index (χ0) is 17.9. The molecule has 1 aromatic carbocycles. The fourth-order valence-electron chi connectivity index (χ4n) is 1.81. The Morgan fingerprint density at radius 2 is 2.04 bits per heavy atom. The summed E-state index contributed by atoms with van der Waals surface area (Å²) in [6.07, 6.45) is -4.71. The number of nitrogens with zero attached hydrogens (tertiary/aromatic N) is 2. The SMILES string of the molecule is Cc1cccc(Cl)c1Nc1cc(C(F)(F)F)nc(NCC(=O)O)n1. The number of hydrogen-bond donors (Lipinski definition) is 3. The molecule has 0 radical (unpaired) electrons. The highest BCUT2D eigenvalue weighted by molar-refractivity contribution is 6.33. The molecule has 0 bridgehead atoms. The number of aromatic nitrogens is 2. The Hall–Kier alpha value is -2.55. The van der Waals surface area contributed by atoms with Crippen molar-refractivity contribution in [2.45, 2.75) is 13.1 Å². The minimum absolute atomic E-state index is 0.165. The second-order valence-electron chi connectivity index (χ2n) is 4.76. The van der Waals surface area contributed by atoms with Crippen LogP contribution in [0.25, 0.3) is 0 Å². The molecule has 0 spiro atoms. The highest BCUT2D eigenvalue weighted by atomic mass is 35.5. The van der Waals surface area contributed by atoms with Crippen molar-refractivity contribution in [3.05, 3.63) is 40.5 Å². The van der Waals surface area contributed by atoms with Gasteiger partial charge in [-0.2, -0.15) is 18.2 Å². The summed E-state index contributed by atoms with van der Waals surface area (Å²) in [6, 6.07) is 5.72. The summed E-state index contributed by atoms with van der Waals surface area (Å²) in [6.45, 7) is 1.11. The maximum absolute atomic E-state index is 13.0. The predicted octanol–water partition coefficient (Wildman–Crippen LogP) is 3.70. The van der Waals surface area contributed by atoms with Crippen LogP contribution in [0.3, 0.4) is 0 Å². The van der Waals surface area contributed by atoms with Gasteiger partial charge in [-0.05, 0) is 18.6 Å². The molecule has 3 N–H and O–H groups in total. The lowest BCUT2D eigenvalue weighted by Crippen LogP contribution is -2.17. The number of alkyl halides is 3. The number of carboxylic acid groups (broad SMARTS) is 1. The summed E-state index contributed by atoms with van der Waals surface area (Å²) in [5.41, 5.74) is -0.109. The molecule has 1 heterocycles. The van der Waals surface area contributed by atoms with E-state index in [0.717, 1.165) is 0 Å². The van der Waals surface area contributed by atoms with E-state index in [1.807, 2.05) is 0 Å². The molecule has 24 heavy (non-hydrogen) atoms. The van der Waals surface area contributed by atoms with Gasteiger partial charge in [0.15, 0.2) is 5.69 Å². The first kappa shape index (κ1) is 17.8. The van der Waals surface area contributed by atoms with E-state index in [1.165, 1.54) is 0 Å². The first-order valence-electron chi connectivity index (χ1n) is 6.61. The standard InChI is InChI=1S/C14H12ClF3N4O2/c1-7-3-2-4-8(15)12(7)21-10-5-9(14(16,17)18)20-13(22-10)19-6-11(23)24/h2-5H,6H2,1H3,(H,23,24)(H2,19,20,21,22). The average molecular weight is 361 g/mol. The first-order chi connectivity index (χ1) is 11.2. The summed E-state index contributed by atoms with van der Waals surface area (Å²) in [5, 5.41) is 13.8. The molecule has 10 heteroatoms. The molecular weight excluding hydrogens is 349 g/mol. The lowest BCUT2D eigenvalue weighted by molar-refractivity contribution is -0.141. The highest BCUT2D eigenvalue weighted by Gasteiger charge is 2.34. The smallest absolute Gasteiger partial charge is 0.433 e. The van der Waals surface area contributed by atoms with E-state index >= 15 is 0 Å². The molecule has 0 unspecified atom stereocenters. The van der Waals surface area contributed by atoms with Gasteiger partial charge in [-0.3, -0.25) is 4.79 Å². The van der Waals surface area contributed by atoms with Gasteiger partial charge >= 0.3 is 12.1 Å². The van der Waals surface area contributed by atoms with Crippen LogP contribution in [0.2, 0.25) is 5.02 Å². The molecule has 0 amide bonds. The molecule has 128 valence electrons. The Bertz CT molecular complexity index is 748. The number of benzene rings is 1. The van der Waals surface area contributed by atoms with Crippen molar-refractivity contribution in [2.24, 2.45) is 0 Å².